The van der Waals surface area contributed by atoms with Crippen LogP contribution in [-0.2, 0) is 6.54 Å². The third kappa shape index (κ3) is 3.49. The summed E-state index contributed by atoms with van der Waals surface area (Å²) in [7, 11) is 0. The molecular formula is C22H23ClN2O. The molecule has 0 bridgehead atoms. The molecule has 1 aromatic heterocycles. The third-order valence-electron chi connectivity index (χ3n) is 5.37. The molecule has 0 unspecified atom stereocenters. The quantitative estimate of drug-likeness (QED) is 0.608. The Hall–Kier alpha value is -2.26. The zero-order valence-electron chi connectivity index (χ0n) is 14.8. The summed E-state index contributed by atoms with van der Waals surface area (Å²) < 4.78 is 3.32. The summed E-state index contributed by atoms with van der Waals surface area (Å²) in [6.45, 7) is 0.571. The lowest BCUT2D eigenvalue weighted by Crippen LogP contribution is -2.23. The zero-order valence-corrected chi connectivity index (χ0v) is 15.5. The van der Waals surface area contributed by atoms with Crippen molar-refractivity contribution in [1.29, 1.82) is 0 Å². The van der Waals surface area contributed by atoms with Crippen LogP contribution in [0.3, 0.4) is 0 Å². The molecule has 3 aromatic rings. The van der Waals surface area contributed by atoms with Crippen LogP contribution in [-0.4, -0.2) is 9.13 Å². The Morgan fingerprint density at radius 3 is 2.38 bits per heavy atom. The van der Waals surface area contributed by atoms with Gasteiger partial charge >= 0.3 is 5.69 Å². The van der Waals surface area contributed by atoms with Gasteiger partial charge in [0.05, 0.1) is 17.3 Å². The van der Waals surface area contributed by atoms with Gasteiger partial charge in [0.1, 0.15) is 0 Å². The van der Waals surface area contributed by atoms with Gasteiger partial charge in [-0.3, -0.25) is 9.13 Å². The predicted octanol–water partition coefficient (Wildman–Crippen LogP) is 5.39. The van der Waals surface area contributed by atoms with Crippen LogP contribution in [0.2, 0.25) is 5.02 Å². The van der Waals surface area contributed by atoms with E-state index >= 15 is 0 Å². The monoisotopic (exact) mass is 366 g/mol. The first kappa shape index (κ1) is 17.2. The van der Waals surface area contributed by atoms with E-state index in [9.17, 15) is 4.79 Å². The molecule has 1 aliphatic carbocycles. The number of para-hydroxylation sites is 1. The minimum Gasteiger partial charge on any atom is -0.294 e. The largest absolute Gasteiger partial charge is 0.333 e. The van der Waals surface area contributed by atoms with E-state index in [4.69, 9.17) is 11.6 Å². The molecule has 4 heteroatoms. The average molecular weight is 367 g/mol. The van der Waals surface area contributed by atoms with Crippen molar-refractivity contribution in [1.82, 2.24) is 9.13 Å². The predicted molar refractivity (Wildman–Crippen MR) is 106 cm³/mol. The first-order valence-corrected chi connectivity index (χ1v) is 9.72. The molecule has 2 aromatic carbocycles. The number of imidazole rings is 1. The number of hydrogen-bond donors (Lipinski definition) is 0. The van der Waals surface area contributed by atoms with Gasteiger partial charge in [-0.05, 0) is 42.0 Å². The van der Waals surface area contributed by atoms with Crippen LogP contribution in [0.15, 0.2) is 65.7 Å². The second kappa shape index (κ2) is 7.55. The minimum absolute atomic E-state index is 0.0746. The highest BCUT2D eigenvalue weighted by Gasteiger charge is 2.15. The zero-order chi connectivity index (χ0) is 17.9. The molecule has 0 saturated heterocycles. The van der Waals surface area contributed by atoms with Crippen LogP contribution < -0.4 is 5.69 Å². The van der Waals surface area contributed by atoms with Crippen LogP contribution in [0.4, 0.5) is 0 Å². The fourth-order valence-electron chi connectivity index (χ4n) is 3.89. The fraction of sp³-hybridized carbons (Fsp3) is 0.318. The van der Waals surface area contributed by atoms with E-state index in [1.54, 1.807) is 21.4 Å². The molecule has 1 heterocycles. The van der Waals surface area contributed by atoms with Gasteiger partial charge < -0.3 is 0 Å². The highest BCUT2D eigenvalue weighted by atomic mass is 35.5. The number of nitrogens with zero attached hydrogens (tertiary/aromatic N) is 2. The van der Waals surface area contributed by atoms with E-state index in [0.717, 1.165) is 5.56 Å². The summed E-state index contributed by atoms with van der Waals surface area (Å²) in [5, 5.41) is 0.573. The Morgan fingerprint density at radius 1 is 0.923 bits per heavy atom. The van der Waals surface area contributed by atoms with Crippen LogP contribution in [0.5, 0.6) is 0 Å². The summed E-state index contributed by atoms with van der Waals surface area (Å²) in [5.41, 5.74) is 3.22. The third-order valence-corrected chi connectivity index (χ3v) is 5.69. The second-order valence-electron chi connectivity index (χ2n) is 7.11. The Bertz CT molecular complexity index is 933. The molecule has 134 valence electrons. The van der Waals surface area contributed by atoms with Gasteiger partial charge in [0.25, 0.3) is 0 Å². The first-order valence-electron chi connectivity index (χ1n) is 9.34. The van der Waals surface area contributed by atoms with Crippen molar-refractivity contribution < 1.29 is 0 Å². The molecule has 0 atom stereocenters. The number of halogens is 1. The summed E-state index contributed by atoms with van der Waals surface area (Å²) in [6, 6.07) is 16.2. The van der Waals surface area contributed by atoms with Gasteiger partial charge in [0, 0.05) is 12.4 Å². The van der Waals surface area contributed by atoms with Gasteiger partial charge in [-0.2, -0.15) is 0 Å². The van der Waals surface area contributed by atoms with Crippen molar-refractivity contribution in [2.45, 2.75) is 44.6 Å². The Morgan fingerprint density at radius 2 is 1.65 bits per heavy atom. The number of benzene rings is 2. The molecule has 0 aliphatic heterocycles. The molecule has 1 fully saturated rings. The molecule has 1 aliphatic rings. The molecule has 0 radical (unpaired) electrons. The van der Waals surface area contributed by atoms with Crippen LogP contribution in [0.1, 0.15) is 49.1 Å². The van der Waals surface area contributed by atoms with E-state index in [-0.39, 0.29) is 5.69 Å². The molecule has 0 spiro atoms. The molecule has 1 saturated carbocycles. The van der Waals surface area contributed by atoms with Gasteiger partial charge in [0.15, 0.2) is 0 Å². The van der Waals surface area contributed by atoms with E-state index < -0.39 is 0 Å². The molecular weight excluding hydrogens is 344 g/mol. The molecule has 0 amide bonds. The average Bonchev–Trinajstić information content (AvgIpc) is 3.04. The maximum atomic E-state index is 12.7. The van der Waals surface area contributed by atoms with Crippen molar-refractivity contribution >= 4 is 11.6 Å². The topological polar surface area (TPSA) is 26.9 Å². The summed E-state index contributed by atoms with van der Waals surface area (Å²) in [5.74, 6) is 0.710. The smallest absolute Gasteiger partial charge is 0.294 e. The van der Waals surface area contributed by atoms with Gasteiger partial charge in [-0.15, -0.1) is 0 Å². The molecule has 0 N–H and O–H groups in total. The van der Waals surface area contributed by atoms with Crippen molar-refractivity contribution in [3.8, 4) is 5.69 Å². The lowest BCUT2D eigenvalue weighted by atomic mass is 9.84. The molecule has 4 rings (SSSR count). The SMILES string of the molecule is O=c1n(Cc2ccc(C3CCCCC3)cc2)ccn1-c1ccccc1Cl. The highest BCUT2D eigenvalue weighted by Crippen LogP contribution is 2.32. The van der Waals surface area contributed by atoms with Crippen molar-refractivity contribution in [3.05, 3.63) is 87.6 Å². The Kier molecular flexibility index (Phi) is 4.98. The van der Waals surface area contributed by atoms with E-state index in [0.29, 0.717) is 23.2 Å². The van der Waals surface area contributed by atoms with Crippen molar-refractivity contribution in [2.75, 3.05) is 0 Å². The van der Waals surface area contributed by atoms with Gasteiger partial charge in [-0.25, -0.2) is 4.79 Å². The summed E-state index contributed by atoms with van der Waals surface area (Å²) in [6.07, 6.45) is 10.3. The molecule has 26 heavy (non-hydrogen) atoms. The number of aromatic nitrogens is 2. The lowest BCUT2D eigenvalue weighted by Gasteiger charge is -2.22. The van der Waals surface area contributed by atoms with E-state index in [1.165, 1.54) is 37.7 Å². The maximum absolute atomic E-state index is 12.7. The van der Waals surface area contributed by atoms with Crippen LogP contribution in [0, 0.1) is 0 Å². The molecule has 3 nitrogen and oxygen atoms in total. The first-order chi connectivity index (χ1) is 12.7. The number of hydrogen-bond acceptors (Lipinski definition) is 1. The van der Waals surface area contributed by atoms with E-state index in [1.807, 2.05) is 24.4 Å². The Labute approximate surface area is 158 Å². The lowest BCUT2D eigenvalue weighted by molar-refractivity contribution is 0.443. The standard InChI is InChI=1S/C22H23ClN2O/c23-20-8-4-5-9-21(20)25-15-14-24(22(25)26)16-17-10-12-19(13-11-17)18-6-2-1-3-7-18/h4-5,8-15,18H,1-3,6-7,16H2. The minimum atomic E-state index is -0.0746. The highest BCUT2D eigenvalue weighted by molar-refractivity contribution is 6.32. The van der Waals surface area contributed by atoms with Crippen molar-refractivity contribution in [3.63, 3.8) is 0 Å². The van der Waals surface area contributed by atoms with E-state index in [2.05, 4.69) is 24.3 Å². The Balaban J connectivity index is 1.53. The number of rotatable bonds is 4. The van der Waals surface area contributed by atoms with Gasteiger partial charge in [0.2, 0.25) is 0 Å². The maximum Gasteiger partial charge on any atom is 0.333 e. The second-order valence-corrected chi connectivity index (χ2v) is 7.51. The van der Waals surface area contributed by atoms with Crippen molar-refractivity contribution in [2.24, 2.45) is 0 Å². The van der Waals surface area contributed by atoms with Gasteiger partial charge in [-0.1, -0.05) is 67.3 Å². The fourth-order valence-corrected chi connectivity index (χ4v) is 4.12. The van der Waals surface area contributed by atoms with Crippen LogP contribution in [0.25, 0.3) is 5.69 Å². The summed E-state index contributed by atoms with van der Waals surface area (Å²) >= 11 is 6.22. The normalized spacial score (nSPS) is 15.3. The summed E-state index contributed by atoms with van der Waals surface area (Å²) in [4.78, 5) is 12.7. The van der Waals surface area contributed by atoms with Crippen LogP contribution >= 0.6 is 11.6 Å².